The Morgan fingerprint density at radius 3 is 2.75 bits per heavy atom. The van der Waals surface area contributed by atoms with Crippen molar-refractivity contribution in [1.29, 1.82) is 0 Å². The summed E-state index contributed by atoms with van der Waals surface area (Å²) in [6.07, 6.45) is 2.05. The normalized spacial score (nSPS) is 13.2. The topological polar surface area (TPSA) is 17.1 Å². The summed E-state index contributed by atoms with van der Waals surface area (Å²) in [7, 11) is 0. The van der Waals surface area contributed by atoms with E-state index in [9.17, 15) is 9.18 Å². The van der Waals surface area contributed by atoms with Crippen LogP contribution in [0.1, 0.15) is 19.8 Å². The second kappa shape index (κ2) is 4.75. The van der Waals surface area contributed by atoms with Gasteiger partial charge in [0.2, 0.25) is 0 Å². The minimum atomic E-state index is -0.307. The maximum Gasteiger partial charge on any atom is 0.122 e. The second-order valence-electron chi connectivity index (χ2n) is 1.94. The first kappa shape index (κ1) is 7.60. The Morgan fingerprint density at radius 1 is 1.75 bits per heavy atom. The predicted octanol–water partition coefficient (Wildman–Crippen LogP) is 1.57. The van der Waals surface area contributed by atoms with Crippen LogP contribution in [-0.2, 0) is 4.79 Å². The van der Waals surface area contributed by atoms with Gasteiger partial charge >= 0.3 is 0 Å². The van der Waals surface area contributed by atoms with Crippen molar-refractivity contribution in [3.05, 3.63) is 0 Å². The van der Waals surface area contributed by atoms with Gasteiger partial charge in [-0.15, -0.1) is 0 Å². The number of aldehydes is 1. The highest BCUT2D eigenvalue weighted by molar-refractivity contribution is 5.52. The maximum absolute atomic E-state index is 11.4. The van der Waals surface area contributed by atoms with Crippen LogP contribution in [0.25, 0.3) is 0 Å². The smallest absolute Gasteiger partial charge is 0.122 e. The van der Waals surface area contributed by atoms with Crippen LogP contribution in [0.2, 0.25) is 0 Å². The molecular formula is C6H11FO. The average molecular weight is 118 g/mol. The van der Waals surface area contributed by atoms with Gasteiger partial charge in [-0.1, -0.05) is 6.92 Å². The molecule has 0 amide bonds. The van der Waals surface area contributed by atoms with Crippen LogP contribution in [0.15, 0.2) is 0 Å². The van der Waals surface area contributed by atoms with Crippen LogP contribution in [0.3, 0.4) is 0 Å². The summed E-state index contributed by atoms with van der Waals surface area (Å²) in [5.41, 5.74) is 0. The van der Waals surface area contributed by atoms with Gasteiger partial charge in [0.15, 0.2) is 0 Å². The standard InChI is InChI=1S/C6H11FO/c1-6(5-8)3-2-4-7/h5-6H,2-4H2,1H3. The third-order valence-corrected chi connectivity index (χ3v) is 1.03. The molecule has 0 rings (SSSR count). The lowest BCUT2D eigenvalue weighted by molar-refractivity contribution is -0.110. The minimum absolute atomic E-state index is 0.0331. The summed E-state index contributed by atoms with van der Waals surface area (Å²) in [6.45, 7) is 1.49. The predicted molar refractivity (Wildman–Crippen MR) is 30.4 cm³/mol. The molecule has 2 heteroatoms. The van der Waals surface area contributed by atoms with Crippen LogP contribution in [0, 0.1) is 5.92 Å². The number of carbonyl (C=O) groups excluding carboxylic acids is 1. The molecule has 0 bridgehead atoms. The number of halogens is 1. The van der Waals surface area contributed by atoms with E-state index in [1.54, 1.807) is 6.92 Å². The van der Waals surface area contributed by atoms with Gasteiger partial charge in [-0.25, -0.2) is 0 Å². The van der Waals surface area contributed by atoms with E-state index in [0.717, 1.165) is 6.29 Å². The van der Waals surface area contributed by atoms with Crippen molar-refractivity contribution in [2.24, 2.45) is 5.92 Å². The molecule has 1 nitrogen and oxygen atoms in total. The summed E-state index contributed by atoms with van der Waals surface area (Å²) in [4.78, 5) is 9.89. The minimum Gasteiger partial charge on any atom is -0.303 e. The van der Waals surface area contributed by atoms with Gasteiger partial charge in [0.05, 0.1) is 6.67 Å². The molecule has 1 unspecified atom stereocenters. The molecule has 0 N–H and O–H groups in total. The Labute approximate surface area is 48.9 Å². The molecule has 0 heterocycles. The van der Waals surface area contributed by atoms with Crippen molar-refractivity contribution in [2.75, 3.05) is 6.67 Å². The highest BCUT2D eigenvalue weighted by atomic mass is 19.1. The molecule has 0 radical (unpaired) electrons. The quantitative estimate of drug-likeness (QED) is 0.512. The molecule has 0 saturated heterocycles. The van der Waals surface area contributed by atoms with Crippen LogP contribution in [-0.4, -0.2) is 13.0 Å². The molecule has 0 saturated carbocycles. The van der Waals surface area contributed by atoms with E-state index in [2.05, 4.69) is 0 Å². The highest BCUT2D eigenvalue weighted by Crippen LogP contribution is 2.00. The Bertz CT molecular complexity index is 63.5. The monoisotopic (exact) mass is 118 g/mol. The van der Waals surface area contributed by atoms with Crippen molar-refractivity contribution in [3.63, 3.8) is 0 Å². The third-order valence-electron chi connectivity index (χ3n) is 1.03. The van der Waals surface area contributed by atoms with Crippen molar-refractivity contribution < 1.29 is 9.18 Å². The molecule has 0 aliphatic heterocycles. The highest BCUT2D eigenvalue weighted by Gasteiger charge is 1.96. The molecule has 48 valence electrons. The first-order valence-electron chi connectivity index (χ1n) is 2.82. The fourth-order valence-electron chi connectivity index (χ4n) is 0.467. The van der Waals surface area contributed by atoms with Gasteiger partial charge in [0, 0.05) is 5.92 Å². The zero-order valence-corrected chi connectivity index (χ0v) is 5.06. The Balaban J connectivity index is 2.98. The van der Waals surface area contributed by atoms with Gasteiger partial charge in [-0.3, -0.25) is 4.39 Å². The number of carbonyl (C=O) groups is 1. The zero-order chi connectivity index (χ0) is 6.41. The van der Waals surface area contributed by atoms with E-state index in [1.165, 1.54) is 0 Å². The Hall–Kier alpha value is -0.400. The average Bonchev–Trinajstić information content (AvgIpc) is 1.83. The lowest BCUT2D eigenvalue weighted by Gasteiger charge is -1.96. The van der Waals surface area contributed by atoms with Gasteiger partial charge < -0.3 is 4.79 Å². The number of rotatable bonds is 4. The molecule has 0 aliphatic rings. The maximum atomic E-state index is 11.4. The third kappa shape index (κ3) is 3.78. The summed E-state index contributed by atoms with van der Waals surface area (Å²) < 4.78 is 11.4. The van der Waals surface area contributed by atoms with Gasteiger partial charge in [0.1, 0.15) is 6.29 Å². The molecule has 0 fully saturated rings. The van der Waals surface area contributed by atoms with Gasteiger partial charge in [0.25, 0.3) is 0 Å². The molecule has 0 aromatic rings. The molecule has 8 heavy (non-hydrogen) atoms. The van der Waals surface area contributed by atoms with Crippen LogP contribution in [0.4, 0.5) is 4.39 Å². The van der Waals surface area contributed by atoms with E-state index < -0.39 is 0 Å². The molecular weight excluding hydrogens is 107 g/mol. The van der Waals surface area contributed by atoms with Crippen molar-refractivity contribution in [1.82, 2.24) is 0 Å². The largest absolute Gasteiger partial charge is 0.303 e. The van der Waals surface area contributed by atoms with Crippen LogP contribution in [0.5, 0.6) is 0 Å². The summed E-state index contributed by atoms with van der Waals surface area (Å²) in [5.74, 6) is 0.0331. The lowest BCUT2D eigenvalue weighted by Crippen LogP contribution is -1.94. The Morgan fingerprint density at radius 2 is 2.38 bits per heavy atom. The number of alkyl halides is 1. The summed E-state index contributed by atoms with van der Waals surface area (Å²) >= 11 is 0. The van der Waals surface area contributed by atoms with Crippen LogP contribution >= 0.6 is 0 Å². The van der Waals surface area contributed by atoms with Crippen LogP contribution < -0.4 is 0 Å². The van der Waals surface area contributed by atoms with E-state index >= 15 is 0 Å². The Kier molecular flexibility index (Phi) is 4.51. The molecule has 1 atom stereocenters. The van der Waals surface area contributed by atoms with Gasteiger partial charge in [-0.2, -0.15) is 0 Å². The van der Waals surface area contributed by atoms with Crippen molar-refractivity contribution >= 4 is 6.29 Å². The number of hydrogen-bond acceptors (Lipinski definition) is 1. The van der Waals surface area contributed by atoms with Crippen molar-refractivity contribution in [3.8, 4) is 0 Å². The second-order valence-corrected chi connectivity index (χ2v) is 1.94. The molecule has 0 spiro atoms. The molecule has 0 aromatic heterocycles. The van der Waals surface area contributed by atoms with Gasteiger partial charge in [-0.05, 0) is 12.8 Å². The van der Waals surface area contributed by atoms with E-state index in [0.29, 0.717) is 12.8 Å². The number of hydrogen-bond donors (Lipinski definition) is 0. The summed E-state index contributed by atoms with van der Waals surface area (Å²) in [5, 5.41) is 0. The zero-order valence-electron chi connectivity index (χ0n) is 5.06. The fraction of sp³-hybridized carbons (Fsp3) is 0.833. The first-order valence-corrected chi connectivity index (χ1v) is 2.82. The van der Waals surface area contributed by atoms with E-state index in [-0.39, 0.29) is 12.6 Å². The SMILES string of the molecule is CC(C=O)CCCF. The van der Waals surface area contributed by atoms with E-state index in [1.807, 2.05) is 0 Å². The first-order chi connectivity index (χ1) is 3.81. The molecule has 0 aromatic carbocycles. The summed E-state index contributed by atoms with van der Waals surface area (Å²) in [6, 6.07) is 0. The van der Waals surface area contributed by atoms with Crippen molar-refractivity contribution in [2.45, 2.75) is 19.8 Å². The molecule has 0 aliphatic carbocycles. The van der Waals surface area contributed by atoms with E-state index in [4.69, 9.17) is 0 Å². The lowest BCUT2D eigenvalue weighted by atomic mass is 10.1. The fourth-order valence-corrected chi connectivity index (χ4v) is 0.467.